The predicted octanol–water partition coefficient (Wildman–Crippen LogP) is 2.83. The standard InChI is InChI=1S/C14H14N2O4S/c17-8-2-4-10-3-1-5-11(9-10)15-14(18)12-6-7-13(21-12)16(19)20/h1,3,5-7,9,17H,2,4,8H2,(H,15,18). The summed E-state index contributed by atoms with van der Waals surface area (Å²) in [7, 11) is 0. The van der Waals surface area contributed by atoms with E-state index in [0.29, 0.717) is 17.0 Å². The van der Waals surface area contributed by atoms with Crippen molar-refractivity contribution in [3.05, 3.63) is 57.0 Å². The summed E-state index contributed by atoms with van der Waals surface area (Å²) in [6.45, 7) is 0.120. The van der Waals surface area contributed by atoms with Crippen LogP contribution < -0.4 is 5.32 Å². The number of aliphatic hydroxyl groups is 1. The molecule has 110 valence electrons. The fraction of sp³-hybridized carbons (Fsp3) is 0.214. The highest BCUT2D eigenvalue weighted by Crippen LogP contribution is 2.24. The molecule has 7 heteroatoms. The number of hydrogen-bond donors (Lipinski definition) is 2. The van der Waals surface area contributed by atoms with Gasteiger partial charge in [-0.3, -0.25) is 14.9 Å². The highest BCUT2D eigenvalue weighted by molar-refractivity contribution is 7.17. The molecule has 0 atom stereocenters. The van der Waals surface area contributed by atoms with Gasteiger partial charge in [0.1, 0.15) is 0 Å². The fourth-order valence-electron chi connectivity index (χ4n) is 1.83. The zero-order valence-corrected chi connectivity index (χ0v) is 11.9. The van der Waals surface area contributed by atoms with Crippen molar-refractivity contribution in [3.8, 4) is 0 Å². The number of amides is 1. The van der Waals surface area contributed by atoms with E-state index in [1.165, 1.54) is 12.1 Å². The molecule has 0 bridgehead atoms. The van der Waals surface area contributed by atoms with Crippen molar-refractivity contribution in [2.45, 2.75) is 12.8 Å². The van der Waals surface area contributed by atoms with Gasteiger partial charge in [0.2, 0.25) is 0 Å². The van der Waals surface area contributed by atoms with E-state index >= 15 is 0 Å². The third kappa shape index (κ3) is 4.11. The summed E-state index contributed by atoms with van der Waals surface area (Å²) in [5.41, 5.74) is 1.64. The maximum absolute atomic E-state index is 12.0. The second kappa shape index (κ2) is 6.96. The van der Waals surface area contributed by atoms with Gasteiger partial charge in [-0.25, -0.2) is 0 Å². The molecule has 0 fully saturated rings. The molecule has 0 aliphatic heterocycles. The molecule has 0 spiro atoms. The molecule has 2 N–H and O–H groups in total. The molecular formula is C14H14N2O4S. The maximum Gasteiger partial charge on any atom is 0.324 e. The van der Waals surface area contributed by atoms with Crippen LogP contribution in [0, 0.1) is 10.1 Å². The van der Waals surface area contributed by atoms with Crippen LogP contribution in [0.1, 0.15) is 21.7 Å². The van der Waals surface area contributed by atoms with Crippen molar-refractivity contribution in [2.75, 3.05) is 11.9 Å². The number of benzene rings is 1. The third-order valence-electron chi connectivity index (χ3n) is 2.80. The van der Waals surface area contributed by atoms with E-state index in [-0.39, 0.29) is 17.5 Å². The van der Waals surface area contributed by atoms with E-state index < -0.39 is 4.92 Å². The number of aliphatic hydroxyl groups excluding tert-OH is 1. The number of carbonyl (C=O) groups is 1. The van der Waals surface area contributed by atoms with Crippen molar-refractivity contribution in [1.82, 2.24) is 0 Å². The first-order valence-corrected chi connectivity index (χ1v) is 7.17. The van der Waals surface area contributed by atoms with Gasteiger partial charge in [-0.1, -0.05) is 23.5 Å². The summed E-state index contributed by atoms with van der Waals surface area (Å²) < 4.78 is 0. The van der Waals surface area contributed by atoms with Crippen LogP contribution in [-0.4, -0.2) is 22.5 Å². The number of thiophene rings is 1. The van der Waals surface area contributed by atoms with Crippen molar-refractivity contribution >= 4 is 27.9 Å². The summed E-state index contributed by atoms with van der Waals surface area (Å²) in [5.74, 6) is -0.368. The van der Waals surface area contributed by atoms with E-state index in [0.717, 1.165) is 23.3 Å². The van der Waals surface area contributed by atoms with Gasteiger partial charge in [0.25, 0.3) is 5.91 Å². The Hall–Kier alpha value is -2.25. The number of nitro groups is 1. The van der Waals surface area contributed by atoms with E-state index in [2.05, 4.69) is 5.32 Å². The molecule has 0 aliphatic rings. The van der Waals surface area contributed by atoms with Gasteiger partial charge in [-0.2, -0.15) is 0 Å². The average molecular weight is 306 g/mol. The SMILES string of the molecule is O=C(Nc1cccc(CCCO)c1)c1ccc([N+](=O)[O-])s1. The van der Waals surface area contributed by atoms with Crippen LogP contribution in [0.2, 0.25) is 0 Å². The normalized spacial score (nSPS) is 10.3. The van der Waals surface area contributed by atoms with Crippen molar-refractivity contribution in [2.24, 2.45) is 0 Å². The molecule has 1 amide bonds. The predicted molar refractivity (Wildman–Crippen MR) is 80.8 cm³/mol. The lowest BCUT2D eigenvalue weighted by Crippen LogP contribution is -2.10. The van der Waals surface area contributed by atoms with Gasteiger partial charge in [-0.15, -0.1) is 0 Å². The Morgan fingerprint density at radius 3 is 2.81 bits per heavy atom. The Morgan fingerprint density at radius 2 is 2.14 bits per heavy atom. The molecule has 0 saturated carbocycles. The molecule has 2 aromatic rings. The van der Waals surface area contributed by atoms with Crippen LogP contribution in [-0.2, 0) is 6.42 Å². The molecule has 1 heterocycles. The van der Waals surface area contributed by atoms with Gasteiger partial charge in [0.15, 0.2) is 0 Å². The molecule has 2 rings (SSSR count). The smallest absolute Gasteiger partial charge is 0.324 e. The lowest BCUT2D eigenvalue weighted by atomic mass is 10.1. The Bertz CT molecular complexity index is 654. The van der Waals surface area contributed by atoms with Gasteiger partial charge in [0.05, 0.1) is 9.80 Å². The monoisotopic (exact) mass is 306 g/mol. The molecule has 0 unspecified atom stereocenters. The first kappa shape index (κ1) is 15.1. The molecule has 21 heavy (non-hydrogen) atoms. The zero-order chi connectivity index (χ0) is 15.2. The number of aryl methyl sites for hydroxylation is 1. The van der Waals surface area contributed by atoms with Gasteiger partial charge < -0.3 is 10.4 Å². The number of carbonyl (C=O) groups excluding carboxylic acids is 1. The summed E-state index contributed by atoms with van der Waals surface area (Å²) in [4.78, 5) is 22.4. The number of anilines is 1. The second-order valence-electron chi connectivity index (χ2n) is 4.38. The average Bonchev–Trinajstić information content (AvgIpc) is 2.95. The number of nitrogens with one attached hydrogen (secondary N) is 1. The lowest BCUT2D eigenvalue weighted by Gasteiger charge is -2.06. The first-order chi connectivity index (χ1) is 10.1. The third-order valence-corrected chi connectivity index (χ3v) is 3.84. The molecule has 0 aliphatic carbocycles. The Balaban J connectivity index is 2.06. The van der Waals surface area contributed by atoms with Gasteiger partial charge >= 0.3 is 5.00 Å². The summed E-state index contributed by atoms with van der Waals surface area (Å²) >= 11 is 0.842. The summed E-state index contributed by atoms with van der Waals surface area (Å²) in [5, 5.41) is 22.1. The molecular weight excluding hydrogens is 292 g/mol. The highest BCUT2D eigenvalue weighted by atomic mass is 32.1. The van der Waals surface area contributed by atoms with Crippen LogP contribution in [0.5, 0.6) is 0 Å². The van der Waals surface area contributed by atoms with E-state index in [1.54, 1.807) is 6.07 Å². The highest BCUT2D eigenvalue weighted by Gasteiger charge is 2.15. The van der Waals surface area contributed by atoms with Crippen LogP contribution in [0.15, 0.2) is 36.4 Å². The van der Waals surface area contributed by atoms with Crippen LogP contribution >= 0.6 is 11.3 Å². The maximum atomic E-state index is 12.0. The van der Waals surface area contributed by atoms with E-state index in [1.807, 2.05) is 18.2 Å². The van der Waals surface area contributed by atoms with E-state index in [9.17, 15) is 14.9 Å². The summed E-state index contributed by atoms with van der Waals surface area (Å²) in [6, 6.07) is 10.1. The fourth-order valence-corrected chi connectivity index (χ4v) is 2.54. The molecule has 1 aromatic carbocycles. The second-order valence-corrected chi connectivity index (χ2v) is 5.44. The minimum Gasteiger partial charge on any atom is -0.396 e. The van der Waals surface area contributed by atoms with Crippen molar-refractivity contribution in [1.29, 1.82) is 0 Å². The van der Waals surface area contributed by atoms with Crippen LogP contribution in [0.4, 0.5) is 10.7 Å². The number of nitrogens with zero attached hydrogens (tertiary/aromatic N) is 1. The Labute approximate surface area is 125 Å². The lowest BCUT2D eigenvalue weighted by molar-refractivity contribution is -0.380. The minimum absolute atomic E-state index is 0.0585. The van der Waals surface area contributed by atoms with Gasteiger partial charge in [0, 0.05) is 18.4 Å². The largest absolute Gasteiger partial charge is 0.396 e. The Kier molecular flexibility index (Phi) is 5.02. The van der Waals surface area contributed by atoms with Crippen LogP contribution in [0.3, 0.4) is 0 Å². The first-order valence-electron chi connectivity index (χ1n) is 6.35. The molecule has 0 saturated heterocycles. The van der Waals surface area contributed by atoms with Crippen molar-refractivity contribution in [3.63, 3.8) is 0 Å². The van der Waals surface area contributed by atoms with Crippen molar-refractivity contribution < 1.29 is 14.8 Å². The number of rotatable bonds is 6. The summed E-state index contributed by atoms with van der Waals surface area (Å²) in [6.07, 6.45) is 1.39. The molecule has 0 radical (unpaired) electrons. The quantitative estimate of drug-likeness (QED) is 0.634. The number of hydrogen-bond acceptors (Lipinski definition) is 5. The molecule has 6 nitrogen and oxygen atoms in total. The Morgan fingerprint density at radius 1 is 1.33 bits per heavy atom. The topological polar surface area (TPSA) is 92.5 Å². The zero-order valence-electron chi connectivity index (χ0n) is 11.1. The van der Waals surface area contributed by atoms with Crippen LogP contribution in [0.25, 0.3) is 0 Å². The van der Waals surface area contributed by atoms with Gasteiger partial charge in [-0.05, 0) is 36.6 Å². The minimum atomic E-state index is -0.517. The molecule has 1 aromatic heterocycles. The van der Waals surface area contributed by atoms with E-state index in [4.69, 9.17) is 5.11 Å².